The van der Waals surface area contributed by atoms with Crippen molar-refractivity contribution in [1.82, 2.24) is 19.6 Å². The van der Waals surface area contributed by atoms with Crippen molar-refractivity contribution in [3.05, 3.63) is 67.9 Å². The molecule has 158 valence electrons. The number of hydrogen-bond donors (Lipinski definition) is 1. The lowest BCUT2D eigenvalue weighted by atomic mass is 10.2. The van der Waals surface area contributed by atoms with Gasteiger partial charge in [0.15, 0.2) is 5.82 Å². The number of halogens is 2. The Labute approximate surface area is 176 Å². The summed E-state index contributed by atoms with van der Waals surface area (Å²) in [6.45, 7) is 5.25. The summed E-state index contributed by atoms with van der Waals surface area (Å²) in [5, 5.41) is 22.5. The molecule has 1 N–H and O–H groups in total. The second-order valence-electron chi connectivity index (χ2n) is 6.83. The molecule has 1 amide bonds. The van der Waals surface area contributed by atoms with Crippen molar-refractivity contribution in [2.24, 2.45) is 0 Å². The third-order valence-electron chi connectivity index (χ3n) is 4.69. The number of nitrogens with zero attached hydrogens (tertiary/aromatic N) is 5. The Balaban J connectivity index is 1.65. The van der Waals surface area contributed by atoms with E-state index in [2.05, 4.69) is 15.5 Å². The van der Waals surface area contributed by atoms with Crippen LogP contribution in [0.25, 0.3) is 0 Å². The molecule has 3 aromatic rings. The molecular weight excluding hydrogens is 415 g/mol. The van der Waals surface area contributed by atoms with Gasteiger partial charge >= 0.3 is 5.69 Å². The number of nitro groups is 1. The normalized spacial score (nSPS) is 11.0. The van der Waals surface area contributed by atoms with E-state index in [9.17, 15) is 19.3 Å². The van der Waals surface area contributed by atoms with Crippen molar-refractivity contribution in [3.63, 3.8) is 0 Å². The molecule has 0 saturated carbocycles. The van der Waals surface area contributed by atoms with E-state index in [0.717, 1.165) is 5.69 Å². The van der Waals surface area contributed by atoms with E-state index >= 15 is 0 Å². The van der Waals surface area contributed by atoms with E-state index in [-0.39, 0.29) is 31.1 Å². The second-order valence-corrected chi connectivity index (χ2v) is 7.23. The summed E-state index contributed by atoms with van der Waals surface area (Å²) in [5.41, 5.74) is 1.69. The first-order chi connectivity index (χ1) is 14.2. The van der Waals surface area contributed by atoms with Crippen LogP contribution in [0, 0.1) is 36.7 Å². The van der Waals surface area contributed by atoms with Gasteiger partial charge in [-0.05, 0) is 32.9 Å². The highest BCUT2D eigenvalue weighted by molar-refractivity contribution is 6.31. The van der Waals surface area contributed by atoms with Crippen molar-refractivity contribution in [2.75, 3.05) is 5.32 Å². The lowest BCUT2D eigenvalue weighted by molar-refractivity contribution is -0.386. The molecule has 2 aromatic heterocycles. The maximum Gasteiger partial charge on any atom is 0.312 e. The van der Waals surface area contributed by atoms with E-state index in [1.54, 1.807) is 37.6 Å². The van der Waals surface area contributed by atoms with Crippen molar-refractivity contribution < 1.29 is 14.1 Å². The monoisotopic (exact) mass is 434 g/mol. The highest BCUT2D eigenvalue weighted by atomic mass is 35.5. The molecule has 0 atom stereocenters. The Bertz CT molecular complexity index is 1100. The number of carbonyl (C=O) groups is 1. The van der Waals surface area contributed by atoms with Crippen LogP contribution in [0.1, 0.15) is 29.1 Å². The number of nitrogens with one attached hydrogen (secondary N) is 1. The van der Waals surface area contributed by atoms with Crippen molar-refractivity contribution >= 4 is 29.0 Å². The van der Waals surface area contributed by atoms with Crippen molar-refractivity contribution in [1.29, 1.82) is 0 Å². The summed E-state index contributed by atoms with van der Waals surface area (Å²) in [7, 11) is 0. The molecule has 0 bridgehead atoms. The number of rotatable bonds is 7. The average molecular weight is 435 g/mol. The SMILES string of the molecule is Cc1nn(CCC(=O)Nc2cc(C)n(Cc3c(F)cccc3Cl)n2)c(C)c1[N+](=O)[O-]. The van der Waals surface area contributed by atoms with E-state index in [0.29, 0.717) is 27.8 Å². The largest absolute Gasteiger partial charge is 0.312 e. The number of carbonyl (C=O) groups excluding carboxylic acids is 1. The van der Waals surface area contributed by atoms with Gasteiger partial charge in [0.1, 0.15) is 17.2 Å². The van der Waals surface area contributed by atoms with E-state index < -0.39 is 10.7 Å². The maximum absolute atomic E-state index is 14.0. The van der Waals surface area contributed by atoms with Crippen molar-refractivity contribution in [3.8, 4) is 0 Å². The number of benzene rings is 1. The molecule has 9 nitrogen and oxygen atoms in total. The number of amides is 1. The highest BCUT2D eigenvalue weighted by Gasteiger charge is 2.22. The lowest BCUT2D eigenvalue weighted by Gasteiger charge is -2.08. The summed E-state index contributed by atoms with van der Waals surface area (Å²) in [4.78, 5) is 22.9. The van der Waals surface area contributed by atoms with Crippen LogP contribution in [0.5, 0.6) is 0 Å². The van der Waals surface area contributed by atoms with Gasteiger partial charge in [-0.1, -0.05) is 17.7 Å². The van der Waals surface area contributed by atoms with Gasteiger partial charge < -0.3 is 5.32 Å². The zero-order chi connectivity index (χ0) is 22.0. The maximum atomic E-state index is 14.0. The molecular formula is C19H20ClFN6O3. The van der Waals surface area contributed by atoms with Crippen LogP contribution in [0.2, 0.25) is 5.02 Å². The van der Waals surface area contributed by atoms with Gasteiger partial charge in [0.25, 0.3) is 0 Å². The minimum atomic E-state index is -0.481. The van der Waals surface area contributed by atoms with Crippen LogP contribution in [0.4, 0.5) is 15.9 Å². The number of hydrogen-bond acceptors (Lipinski definition) is 5. The minimum absolute atomic E-state index is 0.0448. The Kier molecular flexibility index (Phi) is 6.16. The summed E-state index contributed by atoms with van der Waals surface area (Å²) in [6, 6.07) is 6.12. The van der Waals surface area contributed by atoms with Gasteiger partial charge in [-0.25, -0.2) is 4.39 Å². The van der Waals surface area contributed by atoms with E-state index in [1.807, 2.05) is 0 Å². The van der Waals surface area contributed by atoms with Gasteiger partial charge in [0, 0.05) is 28.8 Å². The summed E-state index contributed by atoms with van der Waals surface area (Å²) in [6.07, 6.45) is 0.0597. The van der Waals surface area contributed by atoms with Gasteiger partial charge in [0.2, 0.25) is 5.91 Å². The Morgan fingerprint density at radius 3 is 2.63 bits per heavy atom. The summed E-state index contributed by atoms with van der Waals surface area (Å²) >= 11 is 6.07. The number of aryl methyl sites for hydroxylation is 3. The summed E-state index contributed by atoms with van der Waals surface area (Å²) < 4.78 is 17.0. The Morgan fingerprint density at radius 1 is 1.27 bits per heavy atom. The van der Waals surface area contributed by atoms with E-state index in [4.69, 9.17) is 11.6 Å². The van der Waals surface area contributed by atoms with Crippen LogP contribution < -0.4 is 5.32 Å². The molecule has 30 heavy (non-hydrogen) atoms. The van der Waals surface area contributed by atoms with E-state index in [1.165, 1.54) is 16.8 Å². The fourth-order valence-electron chi connectivity index (χ4n) is 3.15. The fourth-order valence-corrected chi connectivity index (χ4v) is 3.37. The Hall–Kier alpha value is -3.27. The molecule has 0 aliphatic heterocycles. The first-order valence-corrected chi connectivity index (χ1v) is 9.50. The molecule has 0 aliphatic carbocycles. The predicted octanol–water partition coefficient (Wildman–Crippen LogP) is 3.78. The molecule has 3 rings (SSSR count). The molecule has 0 saturated heterocycles. The molecule has 11 heteroatoms. The molecule has 0 aliphatic rings. The second kappa shape index (κ2) is 8.62. The molecule has 0 radical (unpaired) electrons. The number of aromatic nitrogens is 4. The molecule has 0 fully saturated rings. The Morgan fingerprint density at radius 2 is 2.00 bits per heavy atom. The number of anilines is 1. The predicted molar refractivity (Wildman–Crippen MR) is 109 cm³/mol. The quantitative estimate of drug-likeness (QED) is 0.449. The zero-order valence-electron chi connectivity index (χ0n) is 16.6. The third kappa shape index (κ3) is 4.48. The van der Waals surface area contributed by atoms with Crippen LogP contribution in [-0.4, -0.2) is 30.4 Å². The van der Waals surface area contributed by atoms with Gasteiger partial charge in [0.05, 0.1) is 18.0 Å². The highest BCUT2D eigenvalue weighted by Crippen LogP contribution is 2.23. The minimum Gasteiger partial charge on any atom is -0.309 e. The third-order valence-corrected chi connectivity index (χ3v) is 5.05. The first kappa shape index (κ1) is 21.4. The smallest absolute Gasteiger partial charge is 0.309 e. The zero-order valence-corrected chi connectivity index (χ0v) is 17.4. The van der Waals surface area contributed by atoms with Gasteiger partial charge in [-0.3, -0.25) is 24.3 Å². The molecule has 0 unspecified atom stereocenters. The first-order valence-electron chi connectivity index (χ1n) is 9.13. The standard InChI is InChI=1S/C19H20ClFN6O3/c1-11-9-17(24-26(11)10-14-15(20)5-4-6-16(14)21)22-18(28)7-8-25-13(3)19(27(29)30)12(2)23-25/h4-6,9H,7-8,10H2,1-3H3,(H,22,24,28). The summed E-state index contributed by atoms with van der Waals surface area (Å²) in [5.74, 6) is -0.426. The topological polar surface area (TPSA) is 108 Å². The average Bonchev–Trinajstić information content (AvgIpc) is 3.14. The molecule has 1 aromatic carbocycles. The fraction of sp³-hybridized carbons (Fsp3) is 0.316. The van der Waals surface area contributed by atoms with Crippen molar-refractivity contribution in [2.45, 2.75) is 40.3 Å². The van der Waals surface area contributed by atoms with Gasteiger partial charge in [-0.15, -0.1) is 0 Å². The van der Waals surface area contributed by atoms with Gasteiger partial charge in [-0.2, -0.15) is 10.2 Å². The molecule has 0 spiro atoms. The van der Waals surface area contributed by atoms with Crippen LogP contribution in [-0.2, 0) is 17.9 Å². The van der Waals surface area contributed by atoms with Crippen LogP contribution in [0.15, 0.2) is 24.3 Å². The van der Waals surface area contributed by atoms with Crippen LogP contribution in [0.3, 0.4) is 0 Å². The molecule has 2 heterocycles. The van der Waals surface area contributed by atoms with Crippen LogP contribution >= 0.6 is 11.6 Å². The lowest BCUT2D eigenvalue weighted by Crippen LogP contribution is -2.16.